The van der Waals surface area contributed by atoms with Crippen LogP contribution in [0.25, 0.3) is 10.9 Å². The summed E-state index contributed by atoms with van der Waals surface area (Å²) in [4.78, 5) is 4.45. The fourth-order valence-electron chi connectivity index (χ4n) is 2.24. The Hall–Kier alpha value is -1.58. The number of hydrogen-bond donors (Lipinski definition) is 1. The van der Waals surface area contributed by atoms with Gasteiger partial charge in [-0.1, -0.05) is 39.7 Å². The van der Waals surface area contributed by atoms with Crippen molar-refractivity contribution in [3.63, 3.8) is 0 Å². The molecule has 0 aliphatic heterocycles. The zero-order valence-electron chi connectivity index (χ0n) is 11.5. The largest absolute Gasteiger partial charge is 0.381 e. The first-order chi connectivity index (χ1) is 10.1. The predicted octanol–water partition coefficient (Wildman–Crippen LogP) is 5.57. The monoisotopic (exact) mass is 360 g/mol. The summed E-state index contributed by atoms with van der Waals surface area (Å²) in [6.07, 6.45) is 1.80. The molecular weight excluding hydrogens is 348 g/mol. The fourth-order valence-corrected chi connectivity index (χ4v) is 2.83. The molecular formula is C17H14BrClN2. The van der Waals surface area contributed by atoms with Gasteiger partial charge in [-0.05, 0) is 48.4 Å². The van der Waals surface area contributed by atoms with Crippen LogP contribution >= 0.6 is 27.5 Å². The van der Waals surface area contributed by atoms with Gasteiger partial charge in [-0.2, -0.15) is 0 Å². The Kier molecular flexibility index (Phi) is 4.13. The highest BCUT2D eigenvalue weighted by atomic mass is 79.9. The lowest BCUT2D eigenvalue weighted by molar-refractivity contribution is 1.15. The molecule has 0 saturated carbocycles. The summed E-state index contributed by atoms with van der Waals surface area (Å²) >= 11 is 9.77. The molecule has 0 bridgehead atoms. The molecule has 2 nitrogen and oxygen atoms in total. The van der Waals surface area contributed by atoms with Gasteiger partial charge >= 0.3 is 0 Å². The lowest BCUT2D eigenvalue weighted by Crippen LogP contribution is -2.01. The number of aromatic nitrogens is 1. The van der Waals surface area contributed by atoms with Crippen LogP contribution in [0.4, 0.5) is 5.69 Å². The zero-order chi connectivity index (χ0) is 14.8. The van der Waals surface area contributed by atoms with Crippen molar-refractivity contribution in [3.8, 4) is 0 Å². The van der Waals surface area contributed by atoms with Gasteiger partial charge in [0.25, 0.3) is 0 Å². The van der Waals surface area contributed by atoms with Gasteiger partial charge in [0, 0.05) is 33.3 Å². The van der Waals surface area contributed by atoms with Crippen LogP contribution in [0.15, 0.2) is 53.1 Å². The molecule has 0 fully saturated rings. The van der Waals surface area contributed by atoms with E-state index in [9.17, 15) is 0 Å². The van der Waals surface area contributed by atoms with Crippen molar-refractivity contribution in [1.29, 1.82) is 0 Å². The Bertz CT molecular complexity index is 802. The molecule has 2 aromatic carbocycles. The third-order valence-corrected chi connectivity index (χ3v) is 4.64. The van der Waals surface area contributed by atoms with E-state index < -0.39 is 0 Å². The van der Waals surface area contributed by atoms with E-state index in [2.05, 4.69) is 51.4 Å². The summed E-state index contributed by atoms with van der Waals surface area (Å²) < 4.78 is 1.10. The molecule has 0 radical (unpaired) electrons. The Labute approximate surface area is 137 Å². The minimum Gasteiger partial charge on any atom is -0.381 e. The summed E-state index contributed by atoms with van der Waals surface area (Å²) in [7, 11) is 0. The van der Waals surface area contributed by atoms with Gasteiger partial charge in [-0.25, -0.2) is 0 Å². The molecule has 1 aromatic heterocycles. The highest BCUT2D eigenvalue weighted by Gasteiger charge is 2.06. The second-order valence-corrected chi connectivity index (χ2v) is 6.19. The van der Waals surface area contributed by atoms with Crippen LogP contribution in [0.3, 0.4) is 0 Å². The van der Waals surface area contributed by atoms with E-state index in [0.717, 1.165) is 31.6 Å². The lowest BCUT2D eigenvalue weighted by Gasteiger charge is -2.10. The third kappa shape index (κ3) is 3.04. The average Bonchev–Trinajstić information content (AvgIpc) is 2.50. The van der Waals surface area contributed by atoms with Crippen molar-refractivity contribution >= 4 is 44.1 Å². The first-order valence-electron chi connectivity index (χ1n) is 6.67. The van der Waals surface area contributed by atoms with Crippen LogP contribution in [0.5, 0.6) is 0 Å². The second-order valence-electron chi connectivity index (χ2n) is 4.92. The van der Waals surface area contributed by atoms with Crippen LogP contribution in [-0.2, 0) is 6.54 Å². The fraction of sp³-hybridized carbons (Fsp3) is 0.118. The summed E-state index contributed by atoms with van der Waals surface area (Å²) in [5.41, 5.74) is 4.38. The van der Waals surface area contributed by atoms with Crippen molar-refractivity contribution < 1.29 is 0 Å². The molecule has 0 amide bonds. The minimum absolute atomic E-state index is 0.709. The van der Waals surface area contributed by atoms with Gasteiger partial charge in [-0.3, -0.25) is 4.98 Å². The predicted molar refractivity (Wildman–Crippen MR) is 93.0 cm³/mol. The molecule has 1 heterocycles. The number of benzene rings is 2. The number of nitrogens with one attached hydrogen (secondary N) is 1. The Balaban J connectivity index is 1.88. The van der Waals surface area contributed by atoms with E-state index in [4.69, 9.17) is 11.6 Å². The van der Waals surface area contributed by atoms with Crippen molar-refractivity contribution in [2.75, 3.05) is 5.32 Å². The molecule has 0 aliphatic carbocycles. The van der Waals surface area contributed by atoms with E-state index in [1.165, 1.54) is 5.56 Å². The van der Waals surface area contributed by atoms with E-state index in [1.807, 2.05) is 24.3 Å². The van der Waals surface area contributed by atoms with Gasteiger partial charge in [0.05, 0.1) is 5.52 Å². The molecule has 0 spiro atoms. The van der Waals surface area contributed by atoms with Gasteiger partial charge in [-0.15, -0.1) is 0 Å². The van der Waals surface area contributed by atoms with Crippen LogP contribution in [0, 0.1) is 6.92 Å². The molecule has 0 unspecified atom stereocenters. The van der Waals surface area contributed by atoms with E-state index in [-0.39, 0.29) is 0 Å². The van der Waals surface area contributed by atoms with Gasteiger partial charge in [0.1, 0.15) is 0 Å². The summed E-state index contributed by atoms with van der Waals surface area (Å²) in [5, 5.41) is 5.15. The number of fused-ring (bicyclic) bond motifs is 1. The smallest absolute Gasteiger partial charge is 0.0766 e. The maximum atomic E-state index is 6.22. The minimum atomic E-state index is 0.709. The van der Waals surface area contributed by atoms with Crippen molar-refractivity contribution in [3.05, 3.63) is 69.3 Å². The van der Waals surface area contributed by atoms with Gasteiger partial charge in [0.15, 0.2) is 0 Å². The Morgan fingerprint density at radius 2 is 2.05 bits per heavy atom. The highest BCUT2D eigenvalue weighted by Crippen LogP contribution is 2.26. The molecule has 0 aliphatic rings. The summed E-state index contributed by atoms with van der Waals surface area (Å²) in [6.45, 7) is 2.78. The molecule has 0 saturated heterocycles. The summed E-state index contributed by atoms with van der Waals surface area (Å²) in [6, 6.07) is 14.1. The van der Waals surface area contributed by atoms with Crippen LogP contribution < -0.4 is 5.32 Å². The molecule has 3 aromatic rings. The van der Waals surface area contributed by atoms with Gasteiger partial charge < -0.3 is 5.32 Å². The topological polar surface area (TPSA) is 24.9 Å². The molecule has 21 heavy (non-hydrogen) atoms. The molecule has 1 N–H and O–H groups in total. The maximum absolute atomic E-state index is 6.22. The number of halogens is 2. The summed E-state index contributed by atoms with van der Waals surface area (Å²) in [5.74, 6) is 0. The maximum Gasteiger partial charge on any atom is 0.0766 e. The van der Waals surface area contributed by atoms with Crippen LogP contribution in [0.1, 0.15) is 11.1 Å². The van der Waals surface area contributed by atoms with Gasteiger partial charge in [0.2, 0.25) is 0 Å². The Morgan fingerprint density at radius 1 is 1.19 bits per heavy atom. The first kappa shape index (κ1) is 14.4. The number of nitrogens with zero attached hydrogens (tertiary/aromatic N) is 1. The number of aryl methyl sites for hydroxylation is 1. The van der Waals surface area contributed by atoms with E-state index in [1.54, 1.807) is 6.20 Å². The van der Waals surface area contributed by atoms with Crippen molar-refractivity contribution in [1.82, 2.24) is 4.98 Å². The third-order valence-electron chi connectivity index (χ3n) is 3.45. The molecule has 0 atom stereocenters. The number of anilines is 1. The zero-order valence-corrected chi connectivity index (χ0v) is 13.9. The van der Waals surface area contributed by atoms with Crippen LogP contribution in [0.2, 0.25) is 5.02 Å². The van der Waals surface area contributed by atoms with Crippen molar-refractivity contribution in [2.45, 2.75) is 13.5 Å². The normalized spacial score (nSPS) is 10.8. The highest BCUT2D eigenvalue weighted by molar-refractivity contribution is 9.10. The second kappa shape index (κ2) is 6.04. The van der Waals surface area contributed by atoms with Crippen LogP contribution in [-0.4, -0.2) is 4.98 Å². The number of rotatable bonds is 3. The van der Waals surface area contributed by atoms with E-state index >= 15 is 0 Å². The first-order valence-corrected chi connectivity index (χ1v) is 7.84. The SMILES string of the molecule is Cc1ccc(NCc2ccc(Cl)c3cccnc23)cc1Br. The number of pyridine rings is 1. The molecule has 106 valence electrons. The Morgan fingerprint density at radius 3 is 2.86 bits per heavy atom. The quantitative estimate of drug-likeness (QED) is 0.659. The van der Waals surface area contributed by atoms with E-state index in [0.29, 0.717) is 6.54 Å². The standard InChI is InChI=1S/C17H14BrClN2/c1-11-4-6-13(9-15(11)18)21-10-12-5-7-16(19)14-3-2-8-20-17(12)14/h2-9,21H,10H2,1H3. The lowest BCUT2D eigenvalue weighted by atomic mass is 10.1. The average molecular weight is 362 g/mol. The molecule has 3 rings (SSSR count). The van der Waals surface area contributed by atoms with Crippen molar-refractivity contribution in [2.24, 2.45) is 0 Å². The number of hydrogen-bond acceptors (Lipinski definition) is 2. The molecule has 4 heteroatoms.